The number of nitriles is 2. The largest absolute Gasteiger partial charge is 0.365 e. The molecule has 0 atom stereocenters. The molecule has 6 nitrogen and oxygen atoms in total. The highest BCUT2D eigenvalue weighted by molar-refractivity contribution is 7.12. The van der Waals surface area contributed by atoms with E-state index in [4.69, 9.17) is 16.3 Å². The van der Waals surface area contributed by atoms with Gasteiger partial charge in [0.1, 0.15) is 16.5 Å². The summed E-state index contributed by atoms with van der Waals surface area (Å²) in [7, 11) is 0. The number of carbonyl (C=O) groups is 2. The Morgan fingerprint density at radius 3 is 2.43 bits per heavy atom. The van der Waals surface area contributed by atoms with Crippen molar-refractivity contribution < 1.29 is 9.59 Å². The lowest BCUT2D eigenvalue weighted by atomic mass is 10.1. The maximum absolute atomic E-state index is 12.1. The number of nitrogens with two attached hydrogens (primary N) is 1. The molecule has 2 amide bonds. The van der Waals surface area contributed by atoms with Gasteiger partial charge in [0.15, 0.2) is 0 Å². The van der Waals surface area contributed by atoms with Crippen molar-refractivity contribution >= 4 is 34.9 Å². The lowest BCUT2D eigenvalue weighted by molar-refractivity contribution is -0.112. The second kappa shape index (κ2) is 7.03. The lowest BCUT2D eigenvalue weighted by Gasteiger charge is -2.04. The van der Waals surface area contributed by atoms with Crippen LogP contribution < -0.4 is 11.1 Å². The van der Waals surface area contributed by atoms with Gasteiger partial charge in [0.2, 0.25) is 0 Å². The molecule has 1 aromatic carbocycles. The average Bonchev–Trinajstić information content (AvgIpc) is 3.01. The number of amides is 2. The van der Waals surface area contributed by atoms with E-state index in [1.807, 2.05) is 12.1 Å². The Kier molecular flexibility index (Phi) is 4.88. The Morgan fingerprint density at radius 2 is 1.87 bits per heavy atom. The van der Waals surface area contributed by atoms with E-state index in [2.05, 4.69) is 5.32 Å². The number of nitrogens with one attached hydrogen (secondary N) is 1. The molecule has 1 heterocycles. The van der Waals surface area contributed by atoms with Gasteiger partial charge in [-0.1, -0.05) is 12.1 Å². The molecule has 0 radical (unpaired) electrons. The zero-order chi connectivity index (χ0) is 16.8. The van der Waals surface area contributed by atoms with Gasteiger partial charge in [-0.2, -0.15) is 10.5 Å². The molecule has 0 saturated carbocycles. The fourth-order valence-corrected chi connectivity index (χ4v) is 2.46. The molecule has 1 aromatic heterocycles. The molecule has 2 aromatic rings. The molecule has 0 fully saturated rings. The van der Waals surface area contributed by atoms with Gasteiger partial charge in [-0.25, -0.2) is 0 Å². The van der Waals surface area contributed by atoms with Crippen LogP contribution in [0.2, 0.25) is 0 Å². The molecule has 3 N–H and O–H groups in total. The van der Waals surface area contributed by atoms with E-state index in [1.165, 1.54) is 6.08 Å². The number of hydrogen-bond acceptors (Lipinski definition) is 5. The molecule has 7 heteroatoms. The van der Waals surface area contributed by atoms with E-state index in [0.29, 0.717) is 11.1 Å². The summed E-state index contributed by atoms with van der Waals surface area (Å²) in [5.74, 6) is -1.29. The molecule has 0 aliphatic heterocycles. The number of anilines is 1. The van der Waals surface area contributed by atoms with Crippen molar-refractivity contribution in [2.24, 2.45) is 5.73 Å². The molecule has 112 valence electrons. The Balaban J connectivity index is 2.23. The van der Waals surface area contributed by atoms with Crippen LogP contribution in [0.4, 0.5) is 5.69 Å². The maximum Gasteiger partial charge on any atom is 0.266 e. The lowest BCUT2D eigenvalue weighted by Crippen LogP contribution is -2.17. The van der Waals surface area contributed by atoms with Gasteiger partial charge in [0.25, 0.3) is 11.8 Å². The van der Waals surface area contributed by atoms with Crippen LogP contribution in [0.25, 0.3) is 6.08 Å². The number of thiophene rings is 1. The maximum atomic E-state index is 12.1. The van der Waals surface area contributed by atoms with Crippen LogP contribution in [-0.2, 0) is 4.79 Å². The van der Waals surface area contributed by atoms with Crippen molar-refractivity contribution in [3.05, 3.63) is 57.3 Å². The van der Waals surface area contributed by atoms with Crippen molar-refractivity contribution in [2.75, 3.05) is 5.32 Å². The Labute approximate surface area is 136 Å². The zero-order valence-corrected chi connectivity index (χ0v) is 12.6. The Bertz CT molecular complexity index is 867. The molecule has 0 unspecified atom stereocenters. The predicted molar refractivity (Wildman–Crippen MR) is 86.2 cm³/mol. The van der Waals surface area contributed by atoms with E-state index in [-0.39, 0.29) is 16.1 Å². The highest BCUT2D eigenvalue weighted by atomic mass is 32.1. The minimum Gasteiger partial charge on any atom is -0.365 e. The second-order valence-corrected chi connectivity index (χ2v) is 5.30. The summed E-state index contributed by atoms with van der Waals surface area (Å²) in [6.45, 7) is 0. The van der Waals surface area contributed by atoms with Gasteiger partial charge < -0.3 is 11.1 Å². The molecule has 0 saturated heterocycles. The van der Waals surface area contributed by atoms with Gasteiger partial charge in [-0.15, -0.1) is 11.3 Å². The fraction of sp³-hybridized carbons (Fsp3) is 0. The number of nitrogens with zero attached hydrogens (tertiary/aromatic N) is 2. The van der Waals surface area contributed by atoms with Gasteiger partial charge in [0, 0.05) is 0 Å². The van der Waals surface area contributed by atoms with Gasteiger partial charge in [-0.05, 0) is 35.2 Å². The fourth-order valence-electron chi connectivity index (χ4n) is 1.76. The van der Waals surface area contributed by atoms with E-state index in [1.54, 1.807) is 35.7 Å². The van der Waals surface area contributed by atoms with Gasteiger partial charge >= 0.3 is 0 Å². The molecular weight excluding hydrogens is 312 g/mol. The first-order chi connectivity index (χ1) is 11.0. The molecule has 0 aliphatic carbocycles. The van der Waals surface area contributed by atoms with Gasteiger partial charge in [0.05, 0.1) is 17.3 Å². The summed E-state index contributed by atoms with van der Waals surface area (Å²) in [5.41, 5.74) is 6.44. The molecule has 0 aliphatic rings. The molecule has 2 rings (SSSR count). The average molecular weight is 322 g/mol. The minimum absolute atomic E-state index is 0.128. The topological polar surface area (TPSA) is 120 Å². The minimum atomic E-state index is -0.648. The summed E-state index contributed by atoms with van der Waals surface area (Å²) in [4.78, 5) is 23.6. The second-order valence-electron chi connectivity index (χ2n) is 4.39. The van der Waals surface area contributed by atoms with Crippen LogP contribution in [0.15, 0.2) is 41.3 Å². The van der Waals surface area contributed by atoms with Crippen molar-refractivity contribution in [2.45, 2.75) is 0 Å². The highest BCUT2D eigenvalue weighted by Crippen LogP contribution is 2.22. The van der Waals surface area contributed by atoms with Crippen LogP contribution in [0.5, 0.6) is 0 Å². The third-order valence-corrected chi connectivity index (χ3v) is 3.78. The quantitative estimate of drug-likeness (QED) is 0.662. The third-order valence-electron chi connectivity index (χ3n) is 2.85. The SMILES string of the molecule is N#CC(=Cc1ccc(C#N)cc1)C(=O)Nc1ccsc1C(N)=O. The number of benzene rings is 1. The van der Waals surface area contributed by atoms with Crippen molar-refractivity contribution in [3.63, 3.8) is 0 Å². The number of rotatable bonds is 4. The Morgan fingerprint density at radius 1 is 1.17 bits per heavy atom. The van der Waals surface area contributed by atoms with Crippen LogP contribution >= 0.6 is 11.3 Å². The summed E-state index contributed by atoms with van der Waals surface area (Å²) >= 11 is 1.10. The molecule has 0 bridgehead atoms. The molecule has 23 heavy (non-hydrogen) atoms. The number of hydrogen-bond donors (Lipinski definition) is 2. The standard InChI is InChI=1S/C16H10N4O2S/c17-8-11-3-1-10(2-4-11)7-12(9-18)16(22)20-13-5-6-23-14(13)15(19)21/h1-7H,(H2,19,21)(H,20,22). The summed E-state index contributed by atoms with van der Waals surface area (Å²) in [5, 5.41) is 22.0. The van der Waals surface area contributed by atoms with Crippen LogP contribution in [0.3, 0.4) is 0 Å². The summed E-state index contributed by atoms with van der Waals surface area (Å²) < 4.78 is 0. The van der Waals surface area contributed by atoms with E-state index >= 15 is 0 Å². The zero-order valence-electron chi connectivity index (χ0n) is 11.7. The smallest absolute Gasteiger partial charge is 0.266 e. The first kappa shape index (κ1) is 16.0. The monoisotopic (exact) mass is 322 g/mol. The van der Waals surface area contributed by atoms with Crippen molar-refractivity contribution in [3.8, 4) is 12.1 Å². The van der Waals surface area contributed by atoms with Crippen molar-refractivity contribution in [1.29, 1.82) is 10.5 Å². The number of carbonyl (C=O) groups excluding carboxylic acids is 2. The van der Waals surface area contributed by atoms with Crippen LogP contribution in [0.1, 0.15) is 20.8 Å². The van der Waals surface area contributed by atoms with Crippen molar-refractivity contribution in [1.82, 2.24) is 0 Å². The van der Waals surface area contributed by atoms with Crippen LogP contribution in [0, 0.1) is 22.7 Å². The van der Waals surface area contributed by atoms with E-state index in [9.17, 15) is 9.59 Å². The van der Waals surface area contributed by atoms with E-state index in [0.717, 1.165) is 11.3 Å². The predicted octanol–water partition coefficient (Wildman–Crippen LogP) is 2.26. The highest BCUT2D eigenvalue weighted by Gasteiger charge is 2.15. The molecule has 0 spiro atoms. The number of primary amides is 1. The molecular formula is C16H10N4O2S. The summed E-state index contributed by atoms with van der Waals surface area (Å²) in [6, 6.07) is 11.8. The van der Waals surface area contributed by atoms with Gasteiger partial charge in [-0.3, -0.25) is 9.59 Å². The van der Waals surface area contributed by atoms with Crippen LogP contribution in [-0.4, -0.2) is 11.8 Å². The summed E-state index contributed by atoms with van der Waals surface area (Å²) in [6.07, 6.45) is 1.40. The van der Waals surface area contributed by atoms with E-state index < -0.39 is 11.8 Å². The first-order valence-corrected chi connectivity index (χ1v) is 7.23. The third kappa shape index (κ3) is 3.82. The first-order valence-electron chi connectivity index (χ1n) is 6.35. The Hall–Kier alpha value is -3.42. The normalized spacial score (nSPS) is 10.4.